The third kappa shape index (κ3) is 2.74. The summed E-state index contributed by atoms with van der Waals surface area (Å²) in [7, 11) is 0. The summed E-state index contributed by atoms with van der Waals surface area (Å²) >= 11 is 1.27. The van der Waals surface area contributed by atoms with Gasteiger partial charge in [-0.2, -0.15) is 0 Å². The summed E-state index contributed by atoms with van der Waals surface area (Å²) in [6, 6.07) is 0.151. The number of anilines is 2. The molecule has 0 radical (unpaired) electrons. The van der Waals surface area contributed by atoms with Crippen LogP contribution in [0, 0.1) is 12.3 Å². The second-order valence-corrected chi connectivity index (χ2v) is 5.37. The molecule has 1 atom stereocenters. The number of nitrogens with zero attached hydrogens (tertiary/aromatic N) is 1. The van der Waals surface area contributed by atoms with Crippen molar-refractivity contribution in [3.8, 4) is 12.3 Å². The molecule has 1 unspecified atom stereocenters. The van der Waals surface area contributed by atoms with E-state index in [1.54, 1.807) is 6.92 Å². The summed E-state index contributed by atoms with van der Waals surface area (Å²) in [5.74, 6) is 2.42. The highest BCUT2D eigenvalue weighted by Gasteiger charge is 2.21. The molecule has 0 aliphatic heterocycles. The van der Waals surface area contributed by atoms with Crippen LogP contribution in [0.4, 0.5) is 10.9 Å². The zero-order valence-electron chi connectivity index (χ0n) is 10.2. The van der Waals surface area contributed by atoms with E-state index in [0.29, 0.717) is 16.1 Å². The lowest BCUT2D eigenvalue weighted by Gasteiger charge is -2.25. The fraction of sp³-hybridized carbons (Fsp3) is 0.500. The Bertz CT molecular complexity index is 487. The van der Waals surface area contributed by atoms with Gasteiger partial charge >= 0.3 is 0 Å². The quantitative estimate of drug-likeness (QED) is 0.719. The number of carbonyl (C=O) groups excluding carboxylic acids is 1. The smallest absolute Gasteiger partial charge is 0.266 e. The molecule has 1 aromatic rings. The van der Waals surface area contributed by atoms with Crippen LogP contribution < -0.4 is 16.4 Å². The molecule has 6 heteroatoms. The van der Waals surface area contributed by atoms with E-state index < -0.39 is 0 Å². The summed E-state index contributed by atoms with van der Waals surface area (Å²) in [5, 5.41) is 6.64. The van der Waals surface area contributed by atoms with Crippen LogP contribution in [0.2, 0.25) is 0 Å². The first-order valence-corrected chi connectivity index (χ1v) is 6.71. The molecule has 0 spiro atoms. The van der Waals surface area contributed by atoms with Gasteiger partial charge in [-0.15, -0.1) is 6.42 Å². The van der Waals surface area contributed by atoms with Crippen LogP contribution in [0.5, 0.6) is 0 Å². The van der Waals surface area contributed by atoms with Crippen LogP contribution in [-0.4, -0.2) is 23.0 Å². The van der Waals surface area contributed by atoms with E-state index >= 15 is 0 Å². The highest BCUT2D eigenvalue weighted by molar-refractivity contribution is 7.18. The number of thiazole rings is 1. The summed E-state index contributed by atoms with van der Waals surface area (Å²) < 4.78 is 0. The molecule has 1 amide bonds. The Kier molecular flexibility index (Phi) is 3.72. The van der Waals surface area contributed by atoms with E-state index in [-0.39, 0.29) is 17.8 Å². The number of aromatic nitrogens is 1. The number of nitrogens with one attached hydrogen (secondary N) is 2. The summed E-state index contributed by atoms with van der Waals surface area (Å²) in [5.41, 5.74) is 5.74. The van der Waals surface area contributed by atoms with Crippen molar-refractivity contribution < 1.29 is 4.79 Å². The van der Waals surface area contributed by atoms with Gasteiger partial charge in [0.15, 0.2) is 5.13 Å². The van der Waals surface area contributed by atoms with Crippen molar-refractivity contribution in [3.63, 3.8) is 0 Å². The first kappa shape index (κ1) is 12.7. The van der Waals surface area contributed by atoms with Crippen LogP contribution in [0.15, 0.2) is 0 Å². The van der Waals surface area contributed by atoms with Gasteiger partial charge in [0.05, 0.1) is 6.04 Å². The molecular formula is C12H16N4OS. The molecule has 0 bridgehead atoms. The topological polar surface area (TPSA) is 80.0 Å². The molecule has 96 valence electrons. The Labute approximate surface area is 110 Å². The van der Waals surface area contributed by atoms with Gasteiger partial charge in [-0.25, -0.2) is 4.98 Å². The molecule has 0 saturated heterocycles. The van der Waals surface area contributed by atoms with Crippen LogP contribution >= 0.6 is 11.3 Å². The Hall–Kier alpha value is -1.74. The minimum atomic E-state index is -0.318. The number of hydrogen-bond acceptors (Lipinski definition) is 5. The second-order valence-electron chi connectivity index (χ2n) is 4.37. The lowest BCUT2D eigenvalue weighted by molar-refractivity contribution is 0.0953. The van der Waals surface area contributed by atoms with Crippen molar-refractivity contribution in [1.29, 1.82) is 0 Å². The molecule has 1 saturated carbocycles. The maximum absolute atomic E-state index is 11.9. The predicted molar refractivity (Wildman–Crippen MR) is 73.5 cm³/mol. The highest BCUT2D eigenvalue weighted by atomic mass is 32.1. The van der Waals surface area contributed by atoms with Crippen molar-refractivity contribution in [1.82, 2.24) is 10.3 Å². The first-order valence-electron chi connectivity index (χ1n) is 5.90. The Morgan fingerprint density at radius 3 is 2.94 bits per heavy atom. The van der Waals surface area contributed by atoms with Gasteiger partial charge in [0.2, 0.25) is 0 Å². The van der Waals surface area contributed by atoms with E-state index in [9.17, 15) is 4.79 Å². The standard InChI is InChI=1S/C12H16N4OS/c1-3-7(2)14-11(17)9-10(13)16-12(18-9)15-8-5-4-6-8/h1,7-8H,4-6,13H2,2H3,(H,14,17)(H,15,16). The largest absolute Gasteiger partial charge is 0.382 e. The van der Waals surface area contributed by atoms with Gasteiger partial charge in [-0.3, -0.25) is 4.79 Å². The van der Waals surface area contributed by atoms with E-state index in [4.69, 9.17) is 12.2 Å². The molecule has 4 N–H and O–H groups in total. The molecule has 1 fully saturated rings. The number of hydrogen-bond donors (Lipinski definition) is 3. The Morgan fingerprint density at radius 1 is 1.67 bits per heavy atom. The summed E-state index contributed by atoms with van der Waals surface area (Å²) in [4.78, 5) is 16.4. The van der Waals surface area contributed by atoms with Crippen LogP contribution in [-0.2, 0) is 0 Å². The van der Waals surface area contributed by atoms with Gasteiger partial charge < -0.3 is 16.4 Å². The molecule has 0 aromatic carbocycles. The fourth-order valence-electron chi connectivity index (χ4n) is 1.59. The van der Waals surface area contributed by atoms with Crippen LogP contribution in [0.1, 0.15) is 35.9 Å². The number of amides is 1. The van der Waals surface area contributed by atoms with E-state index in [2.05, 4.69) is 21.5 Å². The Balaban J connectivity index is 2.03. The predicted octanol–water partition coefficient (Wildman–Crippen LogP) is 1.44. The number of nitrogen functional groups attached to an aromatic ring is 1. The van der Waals surface area contributed by atoms with E-state index in [1.165, 1.54) is 17.8 Å². The third-order valence-corrected chi connectivity index (χ3v) is 3.89. The van der Waals surface area contributed by atoms with Crippen molar-refractivity contribution in [2.24, 2.45) is 0 Å². The zero-order chi connectivity index (χ0) is 13.1. The lowest BCUT2D eigenvalue weighted by Crippen LogP contribution is -2.31. The molecule has 2 rings (SSSR count). The van der Waals surface area contributed by atoms with Crippen molar-refractivity contribution in [2.75, 3.05) is 11.1 Å². The van der Waals surface area contributed by atoms with Gasteiger partial charge in [-0.1, -0.05) is 17.3 Å². The molecule has 1 heterocycles. The minimum Gasteiger partial charge on any atom is -0.382 e. The molecule has 18 heavy (non-hydrogen) atoms. The Morgan fingerprint density at radius 2 is 2.39 bits per heavy atom. The van der Waals surface area contributed by atoms with Gasteiger partial charge in [0.25, 0.3) is 5.91 Å². The highest BCUT2D eigenvalue weighted by Crippen LogP contribution is 2.29. The maximum Gasteiger partial charge on any atom is 0.266 e. The summed E-state index contributed by atoms with van der Waals surface area (Å²) in [6.45, 7) is 1.74. The van der Waals surface area contributed by atoms with Gasteiger partial charge in [0, 0.05) is 6.04 Å². The molecule has 1 aromatic heterocycles. The normalized spacial score (nSPS) is 16.4. The monoisotopic (exact) mass is 264 g/mol. The summed E-state index contributed by atoms with van der Waals surface area (Å²) in [6.07, 6.45) is 8.75. The fourth-order valence-corrected chi connectivity index (χ4v) is 2.45. The maximum atomic E-state index is 11.9. The number of carbonyl (C=O) groups is 1. The number of rotatable bonds is 4. The molecule has 1 aliphatic rings. The zero-order valence-corrected chi connectivity index (χ0v) is 11.0. The average molecular weight is 264 g/mol. The van der Waals surface area contributed by atoms with Gasteiger partial charge in [-0.05, 0) is 26.2 Å². The van der Waals surface area contributed by atoms with E-state index in [0.717, 1.165) is 12.8 Å². The van der Waals surface area contributed by atoms with Crippen molar-refractivity contribution in [2.45, 2.75) is 38.3 Å². The number of nitrogens with two attached hydrogens (primary N) is 1. The van der Waals surface area contributed by atoms with Crippen LogP contribution in [0.25, 0.3) is 0 Å². The molecule has 1 aliphatic carbocycles. The van der Waals surface area contributed by atoms with Gasteiger partial charge in [0.1, 0.15) is 10.7 Å². The lowest BCUT2D eigenvalue weighted by atomic mass is 9.93. The SMILES string of the molecule is C#CC(C)NC(=O)c1sc(NC2CCC2)nc1N. The van der Waals surface area contributed by atoms with Crippen molar-refractivity contribution in [3.05, 3.63) is 4.88 Å². The minimum absolute atomic E-state index is 0.253. The second kappa shape index (κ2) is 5.27. The molecular weight excluding hydrogens is 248 g/mol. The first-order chi connectivity index (χ1) is 8.60. The average Bonchev–Trinajstić information content (AvgIpc) is 2.65. The van der Waals surface area contributed by atoms with Crippen LogP contribution in [0.3, 0.4) is 0 Å². The molecule has 5 nitrogen and oxygen atoms in total. The third-order valence-electron chi connectivity index (χ3n) is 2.89. The number of terminal acetylenes is 1. The van der Waals surface area contributed by atoms with E-state index in [1.807, 2.05) is 0 Å². The van der Waals surface area contributed by atoms with Crippen molar-refractivity contribution >= 4 is 28.2 Å².